The molecule has 0 saturated heterocycles. The van der Waals surface area contributed by atoms with Crippen molar-refractivity contribution in [1.29, 1.82) is 0 Å². The quantitative estimate of drug-likeness (QED) is 0.167. The minimum Gasteiger partial charge on any atom is -0.310 e. The van der Waals surface area contributed by atoms with Gasteiger partial charge in [0.05, 0.1) is 26.8 Å². The predicted octanol–water partition coefficient (Wildman–Crippen LogP) is 16.2. The first-order chi connectivity index (χ1) is 30.5. The molecule has 0 radical (unpaired) electrons. The Morgan fingerprint density at radius 3 is 1.79 bits per heavy atom. The van der Waals surface area contributed by atoms with Crippen molar-refractivity contribution in [1.82, 2.24) is 9.38 Å². The third kappa shape index (κ3) is 5.14. The van der Waals surface area contributed by atoms with Crippen molar-refractivity contribution in [3.05, 3.63) is 211 Å². The van der Waals surface area contributed by atoms with E-state index in [9.17, 15) is 0 Å². The highest BCUT2D eigenvalue weighted by Crippen LogP contribution is 2.52. The molecule has 3 nitrogen and oxygen atoms in total. The molecule has 0 aliphatic heterocycles. The number of thiazole rings is 1. The van der Waals surface area contributed by atoms with Crippen LogP contribution in [0.5, 0.6) is 0 Å². The monoisotopic (exact) mass is 809 g/mol. The van der Waals surface area contributed by atoms with Crippen LogP contribution in [0.1, 0.15) is 25.0 Å². The minimum atomic E-state index is -0.148. The van der Waals surface area contributed by atoms with Crippen molar-refractivity contribution in [3.8, 4) is 44.0 Å². The Morgan fingerprint density at radius 1 is 0.452 bits per heavy atom. The van der Waals surface area contributed by atoms with Crippen molar-refractivity contribution < 1.29 is 0 Å². The van der Waals surface area contributed by atoms with Crippen molar-refractivity contribution >= 4 is 76.7 Å². The van der Waals surface area contributed by atoms with E-state index in [1.807, 2.05) is 0 Å². The van der Waals surface area contributed by atoms with E-state index in [1.165, 1.54) is 87.3 Å². The fourth-order valence-electron chi connectivity index (χ4n) is 10.4. The Bertz CT molecular complexity index is 3650. The molecule has 4 heteroatoms. The molecular weight excluding hydrogens is 771 g/mol. The summed E-state index contributed by atoms with van der Waals surface area (Å²) in [7, 11) is 0. The van der Waals surface area contributed by atoms with E-state index in [0.29, 0.717) is 0 Å². The average molecular weight is 810 g/mol. The molecule has 1 aliphatic rings. The van der Waals surface area contributed by atoms with E-state index in [1.54, 1.807) is 11.3 Å². The van der Waals surface area contributed by atoms with Crippen LogP contribution >= 0.6 is 11.3 Å². The maximum atomic E-state index is 5.32. The van der Waals surface area contributed by atoms with Gasteiger partial charge in [0.2, 0.25) is 0 Å². The number of rotatable bonds is 6. The van der Waals surface area contributed by atoms with E-state index in [0.717, 1.165) is 33.1 Å². The van der Waals surface area contributed by atoms with Gasteiger partial charge in [0.1, 0.15) is 5.01 Å². The maximum Gasteiger partial charge on any atom is 0.124 e. The van der Waals surface area contributed by atoms with Crippen LogP contribution in [0, 0.1) is 0 Å². The molecule has 0 amide bonds. The third-order valence-corrected chi connectivity index (χ3v) is 14.4. The second kappa shape index (κ2) is 13.2. The SMILES string of the molecule is CC1(C)c2ccccc2-c2ccc(N(c3cc(-c4ccccc4)cc(-c4ccccc4)c3)c3ccc4c(c3)c3cc5nc(-c6ccccc6)sc5c5c6ccccc6n4c35)cc21. The summed E-state index contributed by atoms with van der Waals surface area (Å²) in [5.41, 5.74) is 19.1. The maximum absolute atomic E-state index is 5.32. The molecule has 1 aliphatic carbocycles. The van der Waals surface area contributed by atoms with Gasteiger partial charge in [-0.05, 0) is 105 Å². The fourth-order valence-corrected chi connectivity index (χ4v) is 11.5. The number of para-hydroxylation sites is 1. The number of fused-ring (bicyclic) bond motifs is 11. The number of hydrogen-bond acceptors (Lipinski definition) is 3. The standard InChI is InChI=1S/C58H39N3S/c1-58(2)49-24-14-12-22-44(49)45-28-26-42(34-50(45)58)60(43-31-39(36-16-6-3-7-17-36)30-40(32-43)37-18-8-4-9-19-37)41-27-29-53-47(33-41)48-35-51-56(62-57(59-51)38-20-10-5-11-21-38)54-46-23-13-15-25-52(46)61(53)55(48)54/h3-35H,1-2H3. The topological polar surface area (TPSA) is 20.5 Å². The highest BCUT2D eigenvalue weighted by Gasteiger charge is 2.36. The van der Waals surface area contributed by atoms with Crippen molar-refractivity contribution in [3.63, 3.8) is 0 Å². The molecule has 0 N–H and O–H groups in total. The summed E-state index contributed by atoms with van der Waals surface area (Å²) in [5, 5.41) is 6.03. The molecule has 13 rings (SSSR count). The first-order valence-corrected chi connectivity index (χ1v) is 22.2. The number of aromatic nitrogens is 2. The van der Waals surface area contributed by atoms with Crippen LogP contribution in [0.25, 0.3) is 92.3 Å². The van der Waals surface area contributed by atoms with Gasteiger partial charge in [0.25, 0.3) is 0 Å². The Hall–Kier alpha value is -7.53. The minimum absolute atomic E-state index is 0.148. The van der Waals surface area contributed by atoms with Crippen LogP contribution < -0.4 is 4.90 Å². The number of nitrogens with zero attached hydrogens (tertiary/aromatic N) is 3. The molecule has 3 aromatic heterocycles. The number of benzene rings is 9. The zero-order valence-electron chi connectivity index (χ0n) is 34.3. The normalized spacial score (nSPS) is 13.1. The van der Waals surface area contributed by atoms with E-state index in [-0.39, 0.29) is 5.41 Å². The van der Waals surface area contributed by atoms with Gasteiger partial charge in [-0.15, -0.1) is 11.3 Å². The van der Waals surface area contributed by atoms with E-state index in [2.05, 4.69) is 223 Å². The van der Waals surface area contributed by atoms with Gasteiger partial charge in [-0.3, -0.25) is 0 Å². The smallest absolute Gasteiger partial charge is 0.124 e. The van der Waals surface area contributed by atoms with Crippen LogP contribution in [-0.4, -0.2) is 9.38 Å². The van der Waals surface area contributed by atoms with Gasteiger partial charge in [0, 0.05) is 49.6 Å². The summed E-state index contributed by atoms with van der Waals surface area (Å²) in [6.45, 7) is 4.74. The van der Waals surface area contributed by atoms with Gasteiger partial charge in [-0.2, -0.15) is 0 Å². The van der Waals surface area contributed by atoms with Gasteiger partial charge in [-0.25, -0.2) is 4.98 Å². The molecule has 9 aromatic carbocycles. The highest BCUT2D eigenvalue weighted by molar-refractivity contribution is 7.22. The molecule has 0 spiro atoms. The third-order valence-electron chi connectivity index (χ3n) is 13.3. The van der Waals surface area contributed by atoms with Gasteiger partial charge in [-0.1, -0.05) is 153 Å². The zero-order chi connectivity index (χ0) is 41.1. The van der Waals surface area contributed by atoms with Crippen LogP contribution in [0.2, 0.25) is 0 Å². The Morgan fingerprint density at radius 2 is 1.05 bits per heavy atom. The largest absolute Gasteiger partial charge is 0.310 e. The van der Waals surface area contributed by atoms with E-state index in [4.69, 9.17) is 4.98 Å². The predicted molar refractivity (Wildman–Crippen MR) is 263 cm³/mol. The lowest BCUT2D eigenvalue weighted by Crippen LogP contribution is -2.16. The lowest BCUT2D eigenvalue weighted by molar-refractivity contribution is 0.660. The summed E-state index contributed by atoms with van der Waals surface area (Å²) in [4.78, 5) is 7.80. The Balaban J connectivity index is 1.09. The fraction of sp³-hybridized carbons (Fsp3) is 0.0517. The lowest BCUT2D eigenvalue weighted by atomic mass is 9.82. The zero-order valence-corrected chi connectivity index (χ0v) is 35.1. The van der Waals surface area contributed by atoms with Gasteiger partial charge < -0.3 is 9.30 Å². The van der Waals surface area contributed by atoms with Crippen LogP contribution in [-0.2, 0) is 5.41 Å². The number of hydrogen-bond donors (Lipinski definition) is 0. The Kier molecular flexibility index (Phi) is 7.52. The van der Waals surface area contributed by atoms with Crippen LogP contribution in [0.3, 0.4) is 0 Å². The van der Waals surface area contributed by atoms with Gasteiger partial charge >= 0.3 is 0 Å². The van der Waals surface area contributed by atoms with Crippen LogP contribution in [0.4, 0.5) is 17.1 Å². The summed E-state index contributed by atoms with van der Waals surface area (Å²) in [5.74, 6) is 0. The summed E-state index contributed by atoms with van der Waals surface area (Å²) in [6.07, 6.45) is 0. The molecule has 0 atom stereocenters. The van der Waals surface area contributed by atoms with Crippen molar-refractivity contribution in [2.45, 2.75) is 19.3 Å². The van der Waals surface area contributed by atoms with Crippen LogP contribution in [0.15, 0.2) is 200 Å². The molecular formula is C58H39N3S. The molecule has 3 heterocycles. The first kappa shape index (κ1) is 35.2. The molecule has 62 heavy (non-hydrogen) atoms. The van der Waals surface area contributed by atoms with Gasteiger partial charge in [0.15, 0.2) is 0 Å². The van der Waals surface area contributed by atoms with E-state index >= 15 is 0 Å². The summed E-state index contributed by atoms with van der Waals surface area (Å²) >= 11 is 1.80. The van der Waals surface area contributed by atoms with Crippen molar-refractivity contribution in [2.75, 3.05) is 4.90 Å². The summed E-state index contributed by atoms with van der Waals surface area (Å²) < 4.78 is 3.73. The van der Waals surface area contributed by atoms with E-state index < -0.39 is 0 Å². The first-order valence-electron chi connectivity index (χ1n) is 21.4. The molecule has 0 bridgehead atoms. The molecule has 12 aromatic rings. The lowest BCUT2D eigenvalue weighted by Gasteiger charge is -2.29. The second-order valence-electron chi connectivity index (χ2n) is 17.2. The molecule has 0 unspecified atom stereocenters. The van der Waals surface area contributed by atoms with Crippen molar-refractivity contribution in [2.24, 2.45) is 0 Å². The molecule has 0 saturated carbocycles. The highest BCUT2D eigenvalue weighted by atomic mass is 32.1. The second-order valence-corrected chi connectivity index (χ2v) is 18.2. The molecule has 0 fully saturated rings. The summed E-state index contributed by atoms with van der Waals surface area (Å²) in [6, 6.07) is 73.5. The molecule has 292 valence electrons. The Labute approximate surface area is 363 Å². The average Bonchev–Trinajstić information content (AvgIpc) is 4.06. The number of anilines is 3.